The van der Waals surface area contributed by atoms with Crippen LogP contribution in [0.5, 0.6) is 11.5 Å². The first kappa shape index (κ1) is 22.1. The maximum atomic E-state index is 12.8. The van der Waals surface area contributed by atoms with E-state index in [1.165, 1.54) is 6.92 Å². The Morgan fingerprint density at radius 1 is 0.903 bits per heavy atom. The molecule has 1 aliphatic rings. The Hall–Kier alpha value is -3.55. The molecule has 0 spiro atoms. The highest BCUT2D eigenvalue weighted by molar-refractivity contribution is 5.97. The van der Waals surface area contributed by atoms with E-state index in [-0.39, 0.29) is 24.3 Å². The maximum Gasteiger partial charge on any atom is 0.260 e. The van der Waals surface area contributed by atoms with E-state index in [0.29, 0.717) is 49.8 Å². The van der Waals surface area contributed by atoms with Crippen LogP contribution in [0.25, 0.3) is 0 Å². The highest BCUT2D eigenvalue weighted by Crippen LogP contribution is 2.18. The van der Waals surface area contributed by atoms with Crippen molar-refractivity contribution in [2.24, 2.45) is 0 Å². The van der Waals surface area contributed by atoms with E-state index in [0.717, 1.165) is 5.75 Å². The van der Waals surface area contributed by atoms with E-state index in [1.54, 1.807) is 58.3 Å². The van der Waals surface area contributed by atoms with Crippen molar-refractivity contribution in [3.63, 3.8) is 0 Å². The van der Waals surface area contributed by atoms with Gasteiger partial charge in [0.2, 0.25) is 5.91 Å². The van der Waals surface area contributed by atoms with Crippen molar-refractivity contribution < 1.29 is 23.9 Å². The van der Waals surface area contributed by atoms with E-state index in [2.05, 4.69) is 5.32 Å². The summed E-state index contributed by atoms with van der Waals surface area (Å²) in [6, 6.07) is 14.0. The van der Waals surface area contributed by atoms with Crippen molar-refractivity contribution in [1.82, 2.24) is 9.80 Å². The number of benzene rings is 2. The molecule has 1 heterocycles. The summed E-state index contributed by atoms with van der Waals surface area (Å²) in [5.74, 6) is 0.928. The van der Waals surface area contributed by atoms with Crippen molar-refractivity contribution in [3.05, 3.63) is 54.1 Å². The average Bonchev–Trinajstić information content (AvgIpc) is 2.78. The molecule has 0 unspecified atom stereocenters. The van der Waals surface area contributed by atoms with Gasteiger partial charge >= 0.3 is 0 Å². The topological polar surface area (TPSA) is 88.2 Å². The summed E-state index contributed by atoms with van der Waals surface area (Å²) in [6.45, 7) is 5.65. The lowest BCUT2D eigenvalue weighted by Gasteiger charge is -2.34. The van der Waals surface area contributed by atoms with Crippen LogP contribution < -0.4 is 14.8 Å². The van der Waals surface area contributed by atoms with Crippen molar-refractivity contribution in [2.45, 2.75) is 13.8 Å². The van der Waals surface area contributed by atoms with Gasteiger partial charge in [-0.3, -0.25) is 14.4 Å². The predicted molar refractivity (Wildman–Crippen MR) is 116 cm³/mol. The molecule has 1 saturated heterocycles. The molecule has 3 amide bonds. The number of hydrogen-bond donors (Lipinski definition) is 1. The molecule has 8 nitrogen and oxygen atoms in total. The minimum absolute atomic E-state index is 0.0549. The SMILES string of the molecule is CCOc1ccc(OCC(=O)N2CCN(C(=O)c3cccc(NC(C)=O)c3)CC2)cc1. The first-order valence-corrected chi connectivity index (χ1v) is 10.3. The molecule has 8 heteroatoms. The molecule has 0 atom stereocenters. The Kier molecular flexibility index (Phi) is 7.48. The monoisotopic (exact) mass is 425 g/mol. The van der Waals surface area contributed by atoms with Gasteiger partial charge in [0, 0.05) is 44.4 Å². The number of nitrogens with one attached hydrogen (secondary N) is 1. The standard InChI is InChI=1S/C23H27N3O5/c1-3-30-20-7-9-21(10-8-20)31-16-22(28)25-11-13-26(14-12-25)23(29)18-5-4-6-19(15-18)24-17(2)27/h4-10,15H,3,11-14,16H2,1-2H3,(H,24,27). The fraction of sp³-hybridized carbons (Fsp3) is 0.348. The predicted octanol–water partition coefficient (Wildman–Crippen LogP) is 2.41. The third-order valence-corrected chi connectivity index (χ3v) is 4.85. The number of carbonyl (C=O) groups is 3. The number of nitrogens with zero attached hydrogens (tertiary/aromatic N) is 2. The molecule has 2 aromatic carbocycles. The average molecular weight is 425 g/mol. The summed E-state index contributed by atoms with van der Waals surface area (Å²) in [5, 5.41) is 2.68. The highest BCUT2D eigenvalue weighted by atomic mass is 16.5. The van der Waals surface area contributed by atoms with Gasteiger partial charge in [0.25, 0.3) is 11.8 Å². The van der Waals surface area contributed by atoms with E-state index in [9.17, 15) is 14.4 Å². The third kappa shape index (κ3) is 6.21. The summed E-state index contributed by atoms with van der Waals surface area (Å²) in [5.41, 5.74) is 1.09. The number of piperazine rings is 1. The zero-order valence-corrected chi connectivity index (χ0v) is 17.8. The van der Waals surface area contributed by atoms with E-state index >= 15 is 0 Å². The Bertz CT molecular complexity index is 921. The fourth-order valence-corrected chi connectivity index (χ4v) is 3.31. The number of ether oxygens (including phenoxy) is 2. The lowest BCUT2D eigenvalue weighted by atomic mass is 10.1. The second-order valence-corrected chi connectivity index (χ2v) is 7.13. The molecule has 3 rings (SSSR count). The van der Waals surface area contributed by atoms with Crippen LogP contribution in [-0.2, 0) is 9.59 Å². The summed E-state index contributed by atoms with van der Waals surface area (Å²) in [4.78, 5) is 39.9. The Morgan fingerprint density at radius 3 is 2.13 bits per heavy atom. The number of anilines is 1. The Morgan fingerprint density at radius 2 is 1.52 bits per heavy atom. The molecule has 1 aliphatic heterocycles. The lowest BCUT2D eigenvalue weighted by Crippen LogP contribution is -2.51. The Balaban J connectivity index is 1.48. The van der Waals surface area contributed by atoms with E-state index in [4.69, 9.17) is 9.47 Å². The first-order chi connectivity index (χ1) is 15.0. The molecule has 2 aromatic rings. The number of carbonyl (C=O) groups excluding carboxylic acids is 3. The van der Waals surface area contributed by atoms with Gasteiger partial charge < -0.3 is 24.6 Å². The number of hydrogen-bond acceptors (Lipinski definition) is 5. The van der Waals surface area contributed by atoms with Gasteiger partial charge in [-0.15, -0.1) is 0 Å². The highest BCUT2D eigenvalue weighted by Gasteiger charge is 2.25. The van der Waals surface area contributed by atoms with Crippen LogP contribution in [0.1, 0.15) is 24.2 Å². The van der Waals surface area contributed by atoms with E-state index < -0.39 is 0 Å². The van der Waals surface area contributed by atoms with Crippen LogP contribution in [0.3, 0.4) is 0 Å². The van der Waals surface area contributed by atoms with Crippen LogP contribution in [0.2, 0.25) is 0 Å². The van der Waals surface area contributed by atoms with Crippen molar-refractivity contribution >= 4 is 23.4 Å². The third-order valence-electron chi connectivity index (χ3n) is 4.85. The molecule has 1 fully saturated rings. The van der Waals surface area contributed by atoms with Crippen molar-refractivity contribution in [2.75, 3.05) is 44.7 Å². The minimum atomic E-state index is -0.191. The van der Waals surface area contributed by atoms with Gasteiger partial charge in [0.1, 0.15) is 11.5 Å². The van der Waals surface area contributed by atoms with Crippen molar-refractivity contribution in [1.29, 1.82) is 0 Å². The van der Waals surface area contributed by atoms with Gasteiger partial charge in [0.15, 0.2) is 6.61 Å². The molecule has 0 radical (unpaired) electrons. The summed E-state index contributed by atoms with van der Waals surface area (Å²) in [7, 11) is 0. The maximum absolute atomic E-state index is 12.8. The molecule has 0 saturated carbocycles. The van der Waals surface area contributed by atoms with E-state index in [1.807, 2.05) is 6.92 Å². The molecular formula is C23H27N3O5. The van der Waals surface area contributed by atoms with Gasteiger partial charge in [-0.05, 0) is 49.4 Å². The summed E-state index contributed by atoms with van der Waals surface area (Å²) < 4.78 is 11.0. The van der Waals surface area contributed by atoms with Crippen LogP contribution in [0.15, 0.2) is 48.5 Å². The summed E-state index contributed by atoms with van der Waals surface area (Å²) in [6.07, 6.45) is 0. The van der Waals surface area contributed by atoms with Crippen LogP contribution >= 0.6 is 0 Å². The fourth-order valence-electron chi connectivity index (χ4n) is 3.31. The number of rotatable bonds is 7. The van der Waals surface area contributed by atoms with Crippen LogP contribution in [0, 0.1) is 0 Å². The molecule has 31 heavy (non-hydrogen) atoms. The zero-order valence-electron chi connectivity index (χ0n) is 17.8. The smallest absolute Gasteiger partial charge is 0.260 e. The molecule has 0 aliphatic carbocycles. The van der Waals surface area contributed by atoms with Crippen LogP contribution in [-0.4, -0.2) is 66.9 Å². The molecule has 0 aromatic heterocycles. The van der Waals surface area contributed by atoms with Crippen LogP contribution in [0.4, 0.5) is 5.69 Å². The Labute approximate surface area is 181 Å². The van der Waals surface area contributed by atoms with Gasteiger partial charge in [-0.2, -0.15) is 0 Å². The quantitative estimate of drug-likeness (QED) is 0.736. The van der Waals surface area contributed by atoms with Crippen molar-refractivity contribution in [3.8, 4) is 11.5 Å². The van der Waals surface area contributed by atoms with Gasteiger partial charge in [-0.25, -0.2) is 0 Å². The molecular weight excluding hydrogens is 398 g/mol. The molecule has 164 valence electrons. The first-order valence-electron chi connectivity index (χ1n) is 10.3. The van der Waals surface area contributed by atoms with Gasteiger partial charge in [-0.1, -0.05) is 6.07 Å². The minimum Gasteiger partial charge on any atom is -0.494 e. The largest absolute Gasteiger partial charge is 0.494 e. The lowest BCUT2D eigenvalue weighted by molar-refractivity contribution is -0.134. The molecule has 1 N–H and O–H groups in total. The second-order valence-electron chi connectivity index (χ2n) is 7.13. The summed E-state index contributed by atoms with van der Waals surface area (Å²) >= 11 is 0. The number of amides is 3. The van der Waals surface area contributed by atoms with Gasteiger partial charge in [0.05, 0.1) is 6.61 Å². The molecule has 0 bridgehead atoms. The zero-order chi connectivity index (χ0) is 22.2. The normalized spacial score (nSPS) is 13.5. The second kappa shape index (κ2) is 10.5.